The first-order chi connectivity index (χ1) is 22.0. The largest absolute Gasteiger partial charge is 0.462 e. The van der Waals surface area contributed by atoms with Crippen LogP contribution >= 0.6 is 0 Å². The molecule has 10 heteroatoms. The van der Waals surface area contributed by atoms with Crippen LogP contribution < -0.4 is 14.5 Å². The number of nitriles is 2. The maximum atomic E-state index is 13.0. The molecule has 0 aliphatic carbocycles. The Kier molecular flexibility index (Phi) is 9.13. The average Bonchev–Trinajstić information content (AvgIpc) is 3.47. The van der Waals surface area contributed by atoms with Crippen molar-refractivity contribution in [2.24, 2.45) is 0 Å². The summed E-state index contributed by atoms with van der Waals surface area (Å²) in [6.07, 6.45) is 6.45. The standard InChI is InChI=1S/C35H40N8O2/c1-25-8-5-9-26-10-6-12-31(33(25)26)41-19-15-29-30(23-41)38-35(45-24-28-11-7-18-40(28)2)39-34(29)42-20-21-43(27(22-42)14-17-37)32(44)13-3-4-16-36/h3,5-6,8-10,12-13,27-28H,4,7,11,14-15,18-24H2,1-2H3/b13-3+. The third-order valence-electron chi connectivity index (χ3n) is 9.39. The number of benzene rings is 2. The minimum absolute atomic E-state index is 0.166. The van der Waals surface area contributed by atoms with Crippen molar-refractivity contribution in [2.75, 3.05) is 56.2 Å². The highest BCUT2D eigenvalue weighted by atomic mass is 16.5. The number of piperazine rings is 1. The molecular weight excluding hydrogens is 564 g/mol. The van der Waals surface area contributed by atoms with Crippen molar-refractivity contribution in [1.29, 1.82) is 10.5 Å². The maximum absolute atomic E-state index is 13.0. The van der Waals surface area contributed by atoms with Crippen LogP contribution in [0.15, 0.2) is 48.6 Å². The highest BCUT2D eigenvalue weighted by molar-refractivity contribution is 5.97. The van der Waals surface area contributed by atoms with Crippen LogP contribution in [0.5, 0.6) is 6.01 Å². The summed E-state index contributed by atoms with van der Waals surface area (Å²) in [6, 6.07) is 17.7. The predicted molar refractivity (Wildman–Crippen MR) is 174 cm³/mol. The molecule has 2 unspecified atom stereocenters. The molecule has 45 heavy (non-hydrogen) atoms. The Labute approximate surface area is 265 Å². The molecule has 3 aliphatic rings. The molecule has 2 atom stereocenters. The Hall–Kier alpha value is -4.67. The van der Waals surface area contributed by atoms with Crippen molar-refractivity contribution < 1.29 is 9.53 Å². The fourth-order valence-electron chi connectivity index (χ4n) is 6.98. The van der Waals surface area contributed by atoms with Crippen molar-refractivity contribution >= 4 is 28.2 Å². The van der Waals surface area contributed by atoms with Gasteiger partial charge in [-0.3, -0.25) is 4.79 Å². The van der Waals surface area contributed by atoms with Gasteiger partial charge in [0.25, 0.3) is 0 Å². The first kappa shape index (κ1) is 30.4. The van der Waals surface area contributed by atoms with E-state index >= 15 is 0 Å². The van der Waals surface area contributed by atoms with Crippen LogP contribution in [0.25, 0.3) is 10.8 Å². The van der Waals surface area contributed by atoms with Gasteiger partial charge in [0.1, 0.15) is 12.4 Å². The normalized spacial score (nSPS) is 20.3. The van der Waals surface area contributed by atoms with E-state index in [0.717, 1.165) is 49.4 Å². The number of aryl methyl sites for hydroxylation is 1. The maximum Gasteiger partial charge on any atom is 0.318 e. The van der Waals surface area contributed by atoms with E-state index in [0.29, 0.717) is 44.8 Å². The lowest BCUT2D eigenvalue weighted by Gasteiger charge is -2.42. The summed E-state index contributed by atoms with van der Waals surface area (Å²) in [5.74, 6) is 0.680. The number of hydrogen-bond acceptors (Lipinski definition) is 9. The molecule has 2 aromatic carbocycles. The number of allylic oxidation sites excluding steroid dienone is 1. The van der Waals surface area contributed by atoms with E-state index in [-0.39, 0.29) is 24.8 Å². The summed E-state index contributed by atoms with van der Waals surface area (Å²) in [4.78, 5) is 31.7. The molecule has 0 saturated carbocycles. The number of nitrogens with zero attached hydrogens (tertiary/aromatic N) is 8. The number of aromatic nitrogens is 2. The predicted octanol–water partition coefficient (Wildman–Crippen LogP) is 4.37. The molecule has 6 rings (SSSR count). The van der Waals surface area contributed by atoms with Crippen LogP contribution in [0, 0.1) is 29.6 Å². The van der Waals surface area contributed by atoms with E-state index in [2.05, 4.69) is 71.1 Å². The molecule has 10 nitrogen and oxygen atoms in total. The molecular formula is C35H40N8O2. The SMILES string of the molecule is Cc1cccc2cccc(N3CCc4c(nc(OCC5CCCN5C)nc4N4CCN(C(=O)/C=C/CC#N)C(CC#N)C4)C3)c12. The van der Waals surface area contributed by atoms with Gasteiger partial charge in [-0.1, -0.05) is 36.4 Å². The second kappa shape index (κ2) is 13.5. The number of anilines is 2. The van der Waals surface area contributed by atoms with Gasteiger partial charge in [-0.25, -0.2) is 0 Å². The number of ether oxygens (including phenoxy) is 1. The quantitative estimate of drug-likeness (QED) is 0.346. The Bertz CT molecular complexity index is 1670. The number of likely N-dealkylation sites (tertiary alicyclic amines) is 1. The fourth-order valence-corrected chi connectivity index (χ4v) is 6.98. The molecule has 0 spiro atoms. The van der Waals surface area contributed by atoms with Gasteiger partial charge in [0.2, 0.25) is 5.91 Å². The number of fused-ring (bicyclic) bond motifs is 2. The summed E-state index contributed by atoms with van der Waals surface area (Å²) in [6.45, 7) is 6.78. The van der Waals surface area contributed by atoms with E-state index < -0.39 is 0 Å². The van der Waals surface area contributed by atoms with Gasteiger partial charge in [-0.2, -0.15) is 20.5 Å². The highest BCUT2D eigenvalue weighted by Gasteiger charge is 2.34. The summed E-state index contributed by atoms with van der Waals surface area (Å²) < 4.78 is 6.32. The average molecular weight is 605 g/mol. The van der Waals surface area contributed by atoms with Crippen molar-refractivity contribution in [2.45, 2.75) is 57.7 Å². The van der Waals surface area contributed by atoms with Gasteiger partial charge in [0, 0.05) is 54.9 Å². The lowest BCUT2D eigenvalue weighted by molar-refractivity contribution is -0.128. The number of rotatable bonds is 8. The Morgan fingerprint density at radius 1 is 1.04 bits per heavy atom. The molecule has 1 aromatic heterocycles. The molecule has 0 N–H and O–H groups in total. The van der Waals surface area contributed by atoms with Crippen LogP contribution in [0.4, 0.5) is 11.5 Å². The molecule has 0 radical (unpaired) electrons. The van der Waals surface area contributed by atoms with Crippen LogP contribution in [0.1, 0.15) is 42.5 Å². The summed E-state index contributed by atoms with van der Waals surface area (Å²) in [5.41, 5.74) is 4.52. The smallest absolute Gasteiger partial charge is 0.318 e. The van der Waals surface area contributed by atoms with E-state index in [1.165, 1.54) is 28.1 Å². The van der Waals surface area contributed by atoms with E-state index in [1.54, 1.807) is 11.0 Å². The molecule has 2 saturated heterocycles. The van der Waals surface area contributed by atoms with Crippen molar-refractivity contribution in [3.63, 3.8) is 0 Å². The Morgan fingerprint density at radius 3 is 2.67 bits per heavy atom. The second-order valence-corrected chi connectivity index (χ2v) is 12.2. The van der Waals surface area contributed by atoms with Crippen LogP contribution in [-0.2, 0) is 17.8 Å². The molecule has 3 aromatic rings. The molecule has 1 amide bonds. The first-order valence-electron chi connectivity index (χ1n) is 15.9. The fraction of sp³-hybridized carbons (Fsp3) is 0.457. The third kappa shape index (κ3) is 6.43. The zero-order valence-corrected chi connectivity index (χ0v) is 26.2. The summed E-state index contributed by atoms with van der Waals surface area (Å²) in [7, 11) is 2.13. The molecule has 2 fully saturated rings. The monoisotopic (exact) mass is 604 g/mol. The lowest BCUT2D eigenvalue weighted by atomic mass is 9.99. The van der Waals surface area contributed by atoms with Gasteiger partial charge in [-0.05, 0) is 56.8 Å². The topological polar surface area (TPSA) is 113 Å². The molecule has 232 valence electrons. The number of carbonyl (C=O) groups excluding carboxylic acids is 1. The van der Waals surface area contributed by atoms with Crippen LogP contribution in [-0.4, -0.2) is 84.1 Å². The number of hydrogen-bond donors (Lipinski definition) is 0. The van der Waals surface area contributed by atoms with Crippen molar-refractivity contribution in [3.8, 4) is 18.1 Å². The summed E-state index contributed by atoms with van der Waals surface area (Å²) >= 11 is 0. The molecule has 3 aliphatic heterocycles. The summed E-state index contributed by atoms with van der Waals surface area (Å²) in [5, 5.41) is 21.0. The van der Waals surface area contributed by atoms with Crippen molar-refractivity contribution in [1.82, 2.24) is 19.8 Å². The van der Waals surface area contributed by atoms with Crippen LogP contribution in [0.2, 0.25) is 0 Å². The van der Waals surface area contributed by atoms with E-state index in [4.69, 9.17) is 20.0 Å². The minimum atomic E-state index is -0.288. The van der Waals surface area contributed by atoms with Gasteiger partial charge < -0.3 is 24.3 Å². The number of carbonyl (C=O) groups is 1. The van der Waals surface area contributed by atoms with Gasteiger partial charge in [0.05, 0.1) is 43.3 Å². The zero-order valence-electron chi connectivity index (χ0n) is 26.2. The number of likely N-dealkylation sites (N-methyl/N-ethyl adjacent to an activating group) is 1. The first-order valence-corrected chi connectivity index (χ1v) is 15.9. The van der Waals surface area contributed by atoms with E-state index in [1.807, 2.05) is 6.07 Å². The number of amides is 1. The van der Waals surface area contributed by atoms with Crippen LogP contribution in [0.3, 0.4) is 0 Å². The molecule has 4 heterocycles. The van der Waals surface area contributed by atoms with Gasteiger partial charge in [0.15, 0.2) is 0 Å². The van der Waals surface area contributed by atoms with Gasteiger partial charge >= 0.3 is 6.01 Å². The zero-order chi connectivity index (χ0) is 31.3. The van der Waals surface area contributed by atoms with Crippen molar-refractivity contribution in [3.05, 3.63) is 65.4 Å². The third-order valence-corrected chi connectivity index (χ3v) is 9.39. The van der Waals surface area contributed by atoms with E-state index in [9.17, 15) is 10.1 Å². The highest BCUT2D eigenvalue weighted by Crippen LogP contribution is 2.36. The van der Waals surface area contributed by atoms with Gasteiger partial charge in [-0.15, -0.1) is 0 Å². The lowest BCUT2D eigenvalue weighted by Crippen LogP contribution is -2.55. The Balaban J connectivity index is 1.31. The Morgan fingerprint density at radius 2 is 1.89 bits per heavy atom. The minimum Gasteiger partial charge on any atom is -0.462 e. The molecule has 0 bridgehead atoms. The second-order valence-electron chi connectivity index (χ2n) is 12.2.